The average molecular weight is 235 g/mol. The Bertz CT molecular complexity index is 481. The molecule has 0 saturated carbocycles. The minimum absolute atomic E-state index is 0.396. The maximum absolute atomic E-state index is 12.7. The normalized spacial score (nSPS) is 12.6. The Hall–Kier alpha value is -1.75. The first kappa shape index (κ1) is 11.7. The summed E-state index contributed by atoms with van der Waals surface area (Å²) in [5.41, 5.74) is 1.54. The van der Waals surface area contributed by atoms with Crippen LogP contribution in [0.1, 0.15) is 23.9 Å². The monoisotopic (exact) mass is 235 g/mol. The van der Waals surface area contributed by atoms with Gasteiger partial charge in [-0.15, -0.1) is 0 Å². The molecule has 0 spiro atoms. The molecule has 2 heterocycles. The molecule has 17 heavy (non-hydrogen) atoms. The van der Waals surface area contributed by atoms with Crippen LogP contribution in [-0.4, -0.2) is 19.9 Å². The lowest BCUT2D eigenvalue weighted by Crippen LogP contribution is -2.05. The topological polar surface area (TPSA) is 50.9 Å². The zero-order valence-corrected chi connectivity index (χ0v) is 9.55. The number of aryl methyl sites for hydroxylation is 2. The minimum atomic E-state index is -0.675. The van der Waals surface area contributed by atoms with Gasteiger partial charge in [-0.05, 0) is 31.0 Å². The number of halogens is 1. The van der Waals surface area contributed by atoms with E-state index in [1.165, 1.54) is 12.1 Å². The van der Waals surface area contributed by atoms with Gasteiger partial charge in [-0.1, -0.05) is 0 Å². The van der Waals surface area contributed by atoms with Gasteiger partial charge in [0.25, 0.3) is 0 Å². The number of aliphatic hydroxyl groups is 1. The number of hydrogen-bond donors (Lipinski definition) is 1. The molecule has 0 aliphatic carbocycles. The highest BCUT2D eigenvalue weighted by molar-refractivity contribution is 5.09. The number of nitrogens with zero attached hydrogens (tertiary/aromatic N) is 3. The maximum atomic E-state index is 12.7. The quantitative estimate of drug-likeness (QED) is 0.876. The molecule has 4 nitrogen and oxygen atoms in total. The molecule has 1 unspecified atom stereocenters. The van der Waals surface area contributed by atoms with E-state index >= 15 is 0 Å². The molecule has 0 saturated heterocycles. The maximum Gasteiger partial charge on any atom is 0.141 e. The highest BCUT2D eigenvalue weighted by Crippen LogP contribution is 2.16. The highest BCUT2D eigenvalue weighted by Gasteiger charge is 2.10. The summed E-state index contributed by atoms with van der Waals surface area (Å²) < 4.78 is 14.4. The first-order valence-electron chi connectivity index (χ1n) is 5.43. The second-order valence-corrected chi connectivity index (χ2v) is 3.90. The van der Waals surface area contributed by atoms with E-state index in [2.05, 4.69) is 10.1 Å². The van der Waals surface area contributed by atoms with Crippen LogP contribution in [0.3, 0.4) is 0 Å². The Morgan fingerprint density at radius 1 is 1.41 bits per heavy atom. The standard InChI is InChI=1S/C12H14FN3O/c1-16-10(6-7-15-16)3-5-12(17)11-4-2-9(13)8-14-11/h2,4,6-8,12,17H,3,5H2,1H3. The van der Waals surface area contributed by atoms with Gasteiger partial charge in [-0.2, -0.15) is 5.10 Å². The minimum Gasteiger partial charge on any atom is -0.387 e. The second kappa shape index (κ2) is 5.05. The lowest BCUT2D eigenvalue weighted by atomic mass is 10.1. The first-order chi connectivity index (χ1) is 8.16. The molecular formula is C12H14FN3O. The van der Waals surface area contributed by atoms with E-state index in [1.54, 1.807) is 10.9 Å². The van der Waals surface area contributed by atoms with E-state index in [-0.39, 0.29) is 0 Å². The van der Waals surface area contributed by atoms with Gasteiger partial charge in [0.2, 0.25) is 0 Å². The molecule has 5 heteroatoms. The lowest BCUT2D eigenvalue weighted by molar-refractivity contribution is 0.162. The Balaban J connectivity index is 1.95. The molecule has 0 aliphatic rings. The number of hydrogen-bond acceptors (Lipinski definition) is 3. The molecule has 2 rings (SSSR count). The van der Waals surface area contributed by atoms with Gasteiger partial charge in [-0.25, -0.2) is 4.39 Å². The molecule has 1 N–H and O–H groups in total. The van der Waals surface area contributed by atoms with Gasteiger partial charge in [0, 0.05) is 18.9 Å². The zero-order chi connectivity index (χ0) is 12.3. The van der Waals surface area contributed by atoms with Crippen molar-refractivity contribution in [2.75, 3.05) is 0 Å². The van der Waals surface area contributed by atoms with Crippen LogP contribution < -0.4 is 0 Å². The third-order valence-corrected chi connectivity index (χ3v) is 2.69. The van der Waals surface area contributed by atoms with Crippen molar-refractivity contribution in [3.05, 3.63) is 47.8 Å². The van der Waals surface area contributed by atoms with Crippen molar-refractivity contribution in [3.63, 3.8) is 0 Å². The molecule has 0 aliphatic heterocycles. The molecule has 0 fully saturated rings. The lowest BCUT2D eigenvalue weighted by Gasteiger charge is -2.09. The summed E-state index contributed by atoms with van der Waals surface area (Å²) in [6.45, 7) is 0. The Kier molecular flexibility index (Phi) is 3.49. The molecule has 1 atom stereocenters. The summed E-state index contributed by atoms with van der Waals surface area (Å²) in [6.07, 6.45) is 3.40. The fourth-order valence-corrected chi connectivity index (χ4v) is 1.66. The van der Waals surface area contributed by atoms with E-state index < -0.39 is 11.9 Å². The zero-order valence-electron chi connectivity index (χ0n) is 9.55. The number of rotatable bonds is 4. The summed E-state index contributed by atoms with van der Waals surface area (Å²) in [5.74, 6) is -0.396. The van der Waals surface area contributed by atoms with Crippen molar-refractivity contribution in [2.24, 2.45) is 7.05 Å². The van der Waals surface area contributed by atoms with Crippen LogP contribution in [0.2, 0.25) is 0 Å². The molecule has 2 aromatic heterocycles. The van der Waals surface area contributed by atoms with Gasteiger partial charge in [0.1, 0.15) is 5.82 Å². The highest BCUT2D eigenvalue weighted by atomic mass is 19.1. The van der Waals surface area contributed by atoms with Crippen molar-refractivity contribution in [2.45, 2.75) is 18.9 Å². The van der Waals surface area contributed by atoms with Gasteiger partial charge in [0.05, 0.1) is 18.0 Å². The van der Waals surface area contributed by atoms with Crippen LogP contribution in [0.15, 0.2) is 30.6 Å². The average Bonchev–Trinajstić information content (AvgIpc) is 2.73. The molecule has 0 aromatic carbocycles. The fraction of sp³-hybridized carbons (Fsp3) is 0.333. The van der Waals surface area contributed by atoms with Crippen molar-refractivity contribution in [1.29, 1.82) is 0 Å². The van der Waals surface area contributed by atoms with Gasteiger partial charge in [0.15, 0.2) is 0 Å². The third-order valence-electron chi connectivity index (χ3n) is 2.69. The Morgan fingerprint density at radius 2 is 2.24 bits per heavy atom. The number of aromatic nitrogens is 3. The van der Waals surface area contributed by atoms with Crippen molar-refractivity contribution < 1.29 is 9.50 Å². The predicted molar refractivity (Wildman–Crippen MR) is 60.7 cm³/mol. The summed E-state index contributed by atoms with van der Waals surface area (Å²) >= 11 is 0. The first-order valence-corrected chi connectivity index (χ1v) is 5.43. The summed E-state index contributed by atoms with van der Waals surface area (Å²) in [7, 11) is 1.86. The summed E-state index contributed by atoms with van der Waals surface area (Å²) in [5, 5.41) is 13.9. The Morgan fingerprint density at radius 3 is 2.82 bits per heavy atom. The van der Waals surface area contributed by atoms with Crippen LogP contribution in [-0.2, 0) is 13.5 Å². The van der Waals surface area contributed by atoms with Crippen LogP contribution in [0, 0.1) is 5.82 Å². The number of aliphatic hydroxyl groups excluding tert-OH is 1. The van der Waals surface area contributed by atoms with Gasteiger partial charge >= 0.3 is 0 Å². The fourth-order valence-electron chi connectivity index (χ4n) is 1.66. The van der Waals surface area contributed by atoms with Crippen molar-refractivity contribution >= 4 is 0 Å². The predicted octanol–water partition coefficient (Wildman–Crippen LogP) is 1.62. The third kappa shape index (κ3) is 2.88. The second-order valence-electron chi connectivity index (χ2n) is 3.90. The van der Waals surface area contributed by atoms with Crippen LogP contribution in [0.25, 0.3) is 0 Å². The van der Waals surface area contributed by atoms with E-state index in [9.17, 15) is 9.50 Å². The van der Waals surface area contributed by atoms with E-state index in [0.29, 0.717) is 18.5 Å². The largest absolute Gasteiger partial charge is 0.387 e. The van der Waals surface area contributed by atoms with E-state index in [0.717, 1.165) is 11.9 Å². The van der Waals surface area contributed by atoms with Crippen LogP contribution in [0.4, 0.5) is 4.39 Å². The van der Waals surface area contributed by atoms with Gasteiger partial charge < -0.3 is 5.11 Å². The molecule has 0 radical (unpaired) electrons. The molecule has 0 amide bonds. The molecule has 0 bridgehead atoms. The van der Waals surface area contributed by atoms with E-state index in [4.69, 9.17) is 0 Å². The van der Waals surface area contributed by atoms with Crippen LogP contribution >= 0.6 is 0 Å². The van der Waals surface area contributed by atoms with Crippen molar-refractivity contribution in [3.8, 4) is 0 Å². The molecule has 2 aromatic rings. The number of pyridine rings is 1. The van der Waals surface area contributed by atoms with E-state index in [1.807, 2.05) is 13.1 Å². The SMILES string of the molecule is Cn1nccc1CCC(O)c1ccc(F)cn1. The van der Waals surface area contributed by atoms with Crippen LogP contribution in [0.5, 0.6) is 0 Å². The Labute approximate surface area is 98.7 Å². The smallest absolute Gasteiger partial charge is 0.141 e. The molecular weight excluding hydrogens is 221 g/mol. The summed E-state index contributed by atoms with van der Waals surface area (Å²) in [6, 6.07) is 4.71. The van der Waals surface area contributed by atoms with Crippen molar-refractivity contribution in [1.82, 2.24) is 14.8 Å². The molecule has 90 valence electrons. The summed E-state index contributed by atoms with van der Waals surface area (Å²) in [4.78, 5) is 3.85. The van der Waals surface area contributed by atoms with Gasteiger partial charge in [-0.3, -0.25) is 9.67 Å².